The lowest BCUT2D eigenvalue weighted by Crippen LogP contribution is -2.12. The molecule has 0 aliphatic rings. The van der Waals surface area contributed by atoms with Crippen molar-refractivity contribution in [1.82, 2.24) is 9.97 Å². The van der Waals surface area contributed by atoms with Gasteiger partial charge in [0.05, 0.1) is 39.6 Å². The Morgan fingerprint density at radius 2 is 1.05 bits per heavy atom. The number of rotatable bonds is 5. The highest BCUT2D eigenvalue weighted by atomic mass is 31.0. The predicted octanol–water partition coefficient (Wildman–Crippen LogP) is 1.18. The third kappa shape index (κ3) is 3.08. The molecule has 6 nitrogen and oxygen atoms in total. The summed E-state index contributed by atoms with van der Waals surface area (Å²) in [5, 5.41) is 1.72. The first-order valence-corrected chi connectivity index (χ1v) is 7.48. The fraction of sp³-hybridized carbons (Fsp3) is 0.286. The second-order valence-corrected chi connectivity index (χ2v) is 5.52. The molecule has 0 radical (unpaired) electrons. The highest BCUT2D eigenvalue weighted by Crippen LogP contribution is 2.36. The maximum Gasteiger partial charge on any atom is 0.225 e. The van der Waals surface area contributed by atoms with Gasteiger partial charge in [0.2, 0.25) is 23.5 Å². The van der Waals surface area contributed by atoms with Crippen LogP contribution in [0.5, 0.6) is 23.5 Å². The molecule has 0 spiro atoms. The zero-order valence-electron chi connectivity index (χ0n) is 12.8. The van der Waals surface area contributed by atoms with Crippen molar-refractivity contribution >= 4 is 29.1 Å². The fourth-order valence-electron chi connectivity index (χ4n) is 2.04. The van der Waals surface area contributed by atoms with E-state index in [-0.39, 0.29) is 0 Å². The van der Waals surface area contributed by atoms with E-state index in [0.29, 0.717) is 23.5 Å². The van der Waals surface area contributed by atoms with Crippen LogP contribution >= 0.6 is 18.5 Å². The molecule has 0 bridgehead atoms. The molecule has 0 saturated carbocycles. The lowest BCUT2D eigenvalue weighted by atomic mass is 10.1. The zero-order chi connectivity index (χ0) is 16.3. The van der Waals surface area contributed by atoms with Gasteiger partial charge in [-0.2, -0.15) is 9.97 Å². The minimum absolute atomic E-state index is 0.429. The van der Waals surface area contributed by atoms with Crippen LogP contribution in [0.25, 0.3) is 11.1 Å². The summed E-state index contributed by atoms with van der Waals surface area (Å²) in [6.07, 6.45) is 0. The fourth-order valence-corrected chi connectivity index (χ4v) is 2.86. The highest BCUT2D eigenvalue weighted by Gasteiger charge is 2.21. The molecular formula is C14H18N2O4P2. The number of hydrogen-bond donors (Lipinski definition) is 0. The predicted molar refractivity (Wildman–Crippen MR) is 92.4 cm³/mol. The van der Waals surface area contributed by atoms with Crippen molar-refractivity contribution < 1.29 is 18.9 Å². The van der Waals surface area contributed by atoms with Gasteiger partial charge in [0.15, 0.2) is 0 Å². The lowest BCUT2D eigenvalue weighted by Gasteiger charge is -2.17. The van der Waals surface area contributed by atoms with Crippen LogP contribution in [0.3, 0.4) is 0 Å². The monoisotopic (exact) mass is 340 g/mol. The highest BCUT2D eigenvalue weighted by molar-refractivity contribution is 7.29. The van der Waals surface area contributed by atoms with Gasteiger partial charge in [0, 0.05) is 12.1 Å². The van der Waals surface area contributed by atoms with Gasteiger partial charge in [-0.1, -0.05) is 0 Å². The third-order valence-corrected chi connectivity index (χ3v) is 3.95. The van der Waals surface area contributed by atoms with E-state index in [1.165, 1.54) is 0 Å². The smallest absolute Gasteiger partial charge is 0.225 e. The van der Waals surface area contributed by atoms with E-state index in [0.717, 1.165) is 21.7 Å². The van der Waals surface area contributed by atoms with E-state index in [1.54, 1.807) is 40.6 Å². The summed E-state index contributed by atoms with van der Waals surface area (Å²) < 4.78 is 21.2. The topological polar surface area (TPSA) is 62.7 Å². The molecule has 2 atom stereocenters. The van der Waals surface area contributed by atoms with E-state index in [2.05, 4.69) is 28.4 Å². The SMILES string of the molecule is COc1cc(P)c(-c2c(P)cc(OC)nc2OC)c(OC)n1. The summed E-state index contributed by atoms with van der Waals surface area (Å²) in [7, 11) is 11.5. The molecule has 2 aromatic heterocycles. The molecule has 0 fully saturated rings. The summed E-state index contributed by atoms with van der Waals surface area (Å²) in [6, 6.07) is 3.60. The van der Waals surface area contributed by atoms with Crippen LogP contribution in [-0.4, -0.2) is 38.4 Å². The minimum atomic E-state index is 0.429. The first kappa shape index (κ1) is 16.7. The number of pyridine rings is 2. The molecule has 118 valence electrons. The molecule has 0 aliphatic carbocycles. The van der Waals surface area contributed by atoms with E-state index in [9.17, 15) is 0 Å². The number of methoxy groups -OCH3 is 4. The molecule has 0 amide bonds. The quantitative estimate of drug-likeness (QED) is 0.762. The second-order valence-electron chi connectivity index (χ2n) is 4.28. The van der Waals surface area contributed by atoms with E-state index in [1.807, 2.05) is 0 Å². The van der Waals surface area contributed by atoms with Gasteiger partial charge in [-0.3, -0.25) is 0 Å². The molecule has 2 unspecified atom stereocenters. The average molecular weight is 340 g/mol. The Balaban J connectivity index is 2.76. The summed E-state index contributed by atoms with van der Waals surface area (Å²) in [4.78, 5) is 8.65. The van der Waals surface area contributed by atoms with Crippen molar-refractivity contribution in [3.05, 3.63) is 12.1 Å². The van der Waals surface area contributed by atoms with Crippen LogP contribution in [0.15, 0.2) is 12.1 Å². The Morgan fingerprint density at radius 3 is 1.32 bits per heavy atom. The maximum atomic E-state index is 5.41. The third-order valence-electron chi connectivity index (χ3n) is 3.04. The summed E-state index contributed by atoms with van der Waals surface area (Å²) in [5.41, 5.74) is 1.54. The van der Waals surface area contributed by atoms with Gasteiger partial charge in [0.1, 0.15) is 0 Å². The molecule has 22 heavy (non-hydrogen) atoms. The number of hydrogen-bond acceptors (Lipinski definition) is 6. The van der Waals surface area contributed by atoms with Crippen LogP contribution < -0.4 is 29.6 Å². The van der Waals surface area contributed by atoms with Crippen LogP contribution in [0.2, 0.25) is 0 Å². The number of ether oxygens (including phenoxy) is 4. The molecule has 0 saturated heterocycles. The summed E-state index contributed by atoms with van der Waals surface area (Å²) >= 11 is 0. The van der Waals surface area contributed by atoms with Crippen molar-refractivity contribution in [1.29, 1.82) is 0 Å². The zero-order valence-corrected chi connectivity index (χ0v) is 15.1. The van der Waals surface area contributed by atoms with Crippen LogP contribution in [-0.2, 0) is 0 Å². The van der Waals surface area contributed by atoms with Gasteiger partial charge in [-0.25, -0.2) is 0 Å². The van der Waals surface area contributed by atoms with Crippen LogP contribution in [0.4, 0.5) is 0 Å². The van der Waals surface area contributed by atoms with Crippen LogP contribution in [0, 0.1) is 0 Å². The molecule has 2 aromatic rings. The molecule has 8 heteroatoms. The van der Waals surface area contributed by atoms with Gasteiger partial charge in [-0.15, -0.1) is 18.5 Å². The Labute approximate surface area is 134 Å². The largest absolute Gasteiger partial charge is 0.481 e. The Morgan fingerprint density at radius 1 is 0.682 bits per heavy atom. The lowest BCUT2D eigenvalue weighted by molar-refractivity contribution is 0.362. The van der Waals surface area contributed by atoms with Crippen LogP contribution in [0.1, 0.15) is 0 Å². The van der Waals surface area contributed by atoms with E-state index < -0.39 is 0 Å². The van der Waals surface area contributed by atoms with Crippen molar-refractivity contribution in [3.63, 3.8) is 0 Å². The molecule has 2 heterocycles. The number of aromatic nitrogens is 2. The minimum Gasteiger partial charge on any atom is -0.481 e. The molecule has 0 N–H and O–H groups in total. The van der Waals surface area contributed by atoms with Crippen molar-refractivity contribution in [2.75, 3.05) is 28.4 Å². The van der Waals surface area contributed by atoms with Gasteiger partial charge in [-0.05, 0) is 10.6 Å². The normalized spacial score (nSPS) is 10.3. The average Bonchev–Trinajstić information content (AvgIpc) is 2.53. The van der Waals surface area contributed by atoms with Gasteiger partial charge in [0.25, 0.3) is 0 Å². The molecule has 0 aromatic carbocycles. The maximum absolute atomic E-state index is 5.41. The standard InChI is InChI=1S/C14H18N2O4P2/c1-17-9-5-7(21)11(13(15-9)19-3)12-8(22)6-10(18-2)16-14(12)20-4/h5-6H,21-22H2,1-4H3. The van der Waals surface area contributed by atoms with Crippen molar-refractivity contribution in [2.45, 2.75) is 0 Å². The Kier molecular flexibility index (Phi) is 5.38. The summed E-state index contributed by atoms with van der Waals surface area (Å²) in [6.45, 7) is 0. The van der Waals surface area contributed by atoms with E-state index >= 15 is 0 Å². The molecular weight excluding hydrogens is 322 g/mol. The van der Waals surface area contributed by atoms with Gasteiger partial charge >= 0.3 is 0 Å². The van der Waals surface area contributed by atoms with Crippen molar-refractivity contribution in [3.8, 4) is 34.6 Å². The Bertz CT molecular complexity index is 636. The van der Waals surface area contributed by atoms with Crippen molar-refractivity contribution in [2.24, 2.45) is 0 Å². The summed E-state index contributed by atoms with van der Waals surface area (Å²) in [5.74, 6) is 1.80. The molecule has 2 rings (SSSR count). The Hall–Kier alpha value is -1.64. The molecule has 0 aliphatic heterocycles. The number of nitrogens with zero attached hydrogens (tertiary/aromatic N) is 2. The first-order valence-electron chi connectivity index (χ1n) is 6.33. The second kappa shape index (κ2) is 7.08. The van der Waals surface area contributed by atoms with E-state index in [4.69, 9.17) is 18.9 Å². The first-order chi connectivity index (χ1) is 10.5. The van der Waals surface area contributed by atoms with Gasteiger partial charge < -0.3 is 18.9 Å².